The molecule has 0 unspecified atom stereocenters. The van der Waals surface area contributed by atoms with Crippen molar-refractivity contribution in [2.75, 3.05) is 0 Å². The van der Waals surface area contributed by atoms with Gasteiger partial charge in [0, 0.05) is 0 Å². The van der Waals surface area contributed by atoms with Crippen molar-refractivity contribution in [2.24, 2.45) is 11.7 Å². The summed E-state index contributed by atoms with van der Waals surface area (Å²) < 4.78 is 0. The van der Waals surface area contributed by atoms with E-state index in [9.17, 15) is 4.79 Å². The van der Waals surface area contributed by atoms with Crippen molar-refractivity contribution in [2.45, 2.75) is 19.4 Å². The van der Waals surface area contributed by atoms with E-state index in [4.69, 9.17) is 10.8 Å². The van der Waals surface area contributed by atoms with Crippen LogP contribution in [0.4, 0.5) is 0 Å². The molecule has 0 radical (unpaired) electrons. The third-order valence-electron chi connectivity index (χ3n) is 1.66. The van der Waals surface area contributed by atoms with E-state index in [1.165, 1.54) is 6.08 Å². The Hall–Kier alpha value is -0.830. The van der Waals surface area contributed by atoms with Crippen molar-refractivity contribution in [3.8, 4) is 0 Å². The molecule has 3 heteroatoms. The highest BCUT2D eigenvalue weighted by molar-refractivity contribution is 5.81. The molecule has 0 fully saturated rings. The molecule has 0 amide bonds. The molecule has 0 rings (SSSR count). The van der Waals surface area contributed by atoms with Crippen molar-refractivity contribution >= 4 is 5.97 Å². The quantitative estimate of drug-likeness (QED) is 0.569. The van der Waals surface area contributed by atoms with Gasteiger partial charge >= 0.3 is 5.97 Å². The number of carboxylic acids is 1. The zero-order valence-corrected chi connectivity index (χ0v) is 6.29. The number of nitrogens with two attached hydrogens (primary N) is 1. The van der Waals surface area contributed by atoms with E-state index in [1.807, 2.05) is 0 Å². The van der Waals surface area contributed by atoms with Gasteiger partial charge in [-0.1, -0.05) is 19.9 Å². The van der Waals surface area contributed by atoms with E-state index in [0.717, 1.165) is 0 Å². The topological polar surface area (TPSA) is 63.3 Å². The minimum absolute atomic E-state index is 0.137. The third kappa shape index (κ3) is 1.36. The lowest BCUT2D eigenvalue weighted by atomic mass is 9.88. The summed E-state index contributed by atoms with van der Waals surface area (Å²) in [5.74, 6) is -1.17. The molecule has 0 bridgehead atoms. The molecule has 1 atom stereocenters. The summed E-state index contributed by atoms with van der Waals surface area (Å²) in [6.07, 6.45) is 1.26. The third-order valence-corrected chi connectivity index (χ3v) is 1.66. The number of hydrogen-bond donors (Lipinski definition) is 2. The number of aliphatic carboxylic acids is 1. The van der Waals surface area contributed by atoms with Crippen LogP contribution >= 0.6 is 0 Å². The fourth-order valence-corrected chi connectivity index (χ4v) is 0.570. The zero-order valence-electron chi connectivity index (χ0n) is 6.29. The zero-order chi connectivity index (χ0) is 8.36. The SMILES string of the molecule is C=C[C@](N)(C(=O)O)C(C)C. The van der Waals surface area contributed by atoms with Crippen LogP contribution in [-0.2, 0) is 4.79 Å². The molecule has 10 heavy (non-hydrogen) atoms. The van der Waals surface area contributed by atoms with Crippen molar-refractivity contribution in [1.82, 2.24) is 0 Å². The van der Waals surface area contributed by atoms with Crippen LogP contribution in [0.25, 0.3) is 0 Å². The van der Waals surface area contributed by atoms with Crippen LogP contribution in [-0.4, -0.2) is 16.6 Å². The van der Waals surface area contributed by atoms with E-state index in [2.05, 4.69) is 6.58 Å². The first-order valence-corrected chi connectivity index (χ1v) is 3.11. The lowest BCUT2D eigenvalue weighted by Crippen LogP contribution is -2.50. The highest BCUT2D eigenvalue weighted by Crippen LogP contribution is 2.14. The Balaban J connectivity index is 4.54. The monoisotopic (exact) mass is 143 g/mol. The predicted molar refractivity (Wildman–Crippen MR) is 39.6 cm³/mol. The molecule has 3 nitrogen and oxygen atoms in total. The van der Waals surface area contributed by atoms with Crippen molar-refractivity contribution in [3.63, 3.8) is 0 Å². The van der Waals surface area contributed by atoms with Crippen LogP contribution in [0.3, 0.4) is 0 Å². The van der Waals surface area contributed by atoms with E-state index >= 15 is 0 Å². The summed E-state index contributed by atoms with van der Waals surface area (Å²) in [5.41, 5.74) is 4.19. The average Bonchev–Trinajstić information content (AvgIpc) is 1.85. The van der Waals surface area contributed by atoms with Crippen LogP contribution in [0.1, 0.15) is 13.8 Å². The van der Waals surface area contributed by atoms with Crippen LogP contribution < -0.4 is 5.73 Å². The Morgan fingerprint density at radius 3 is 2.20 bits per heavy atom. The lowest BCUT2D eigenvalue weighted by molar-refractivity contribution is -0.142. The normalized spacial score (nSPS) is 16.4. The number of carboxylic acid groups (broad SMARTS) is 1. The summed E-state index contributed by atoms with van der Waals surface area (Å²) in [6.45, 7) is 6.86. The number of hydrogen-bond acceptors (Lipinski definition) is 2. The van der Waals surface area contributed by atoms with Crippen LogP contribution in [0, 0.1) is 5.92 Å². The first-order chi connectivity index (χ1) is 4.45. The maximum Gasteiger partial charge on any atom is 0.327 e. The van der Waals surface area contributed by atoms with Crippen molar-refractivity contribution < 1.29 is 9.90 Å². The minimum atomic E-state index is -1.28. The summed E-state index contributed by atoms with van der Waals surface area (Å²) >= 11 is 0. The van der Waals surface area contributed by atoms with E-state index in [1.54, 1.807) is 13.8 Å². The lowest BCUT2D eigenvalue weighted by Gasteiger charge is -2.24. The van der Waals surface area contributed by atoms with E-state index in [-0.39, 0.29) is 5.92 Å². The number of rotatable bonds is 3. The van der Waals surface area contributed by atoms with Gasteiger partial charge in [0.2, 0.25) is 0 Å². The highest BCUT2D eigenvalue weighted by atomic mass is 16.4. The molecule has 0 aromatic heterocycles. The predicted octanol–water partition coefficient (Wildman–Crippen LogP) is 0.610. The average molecular weight is 143 g/mol. The van der Waals surface area contributed by atoms with Gasteiger partial charge in [-0.25, -0.2) is 4.79 Å². The molecular formula is C7H13NO2. The number of carbonyl (C=O) groups is 1. The van der Waals surface area contributed by atoms with Gasteiger partial charge < -0.3 is 10.8 Å². The fourth-order valence-electron chi connectivity index (χ4n) is 0.570. The minimum Gasteiger partial charge on any atom is -0.480 e. The van der Waals surface area contributed by atoms with Gasteiger partial charge in [-0.2, -0.15) is 0 Å². The van der Waals surface area contributed by atoms with Gasteiger partial charge in [0.1, 0.15) is 5.54 Å². The Labute approximate surface area is 60.5 Å². The second-order valence-corrected chi connectivity index (χ2v) is 2.60. The first kappa shape index (κ1) is 9.17. The van der Waals surface area contributed by atoms with Gasteiger partial charge in [-0.3, -0.25) is 0 Å². The molecule has 0 saturated carbocycles. The molecule has 0 aliphatic rings. The molecular weight excluding hydrogens is 130 g/mol. The Morgan fingerprint density at radius 1 is 1.80 bits per heavy atom. The summed E-state index contributed by atoms with van der Waals surface area (Å²) in [7, 11) is 0. The molecule has 0 aromatic carbocycles. The Kier molecular flexibility index (Phi) is 2.60. The largest absolute Gasteiger partial charge is 0.480 e. The second-order valence-electron chi connectivity index (χ2n) is 2.60. The molecule has 3 N–H and O–H groups in total. The molecule has 0 aliphatic heterocycles. The van der Waals surface area contributed by atoms with Crippen molar-refractivity contribution in [3.05, 3.63) is 12.7 Å². The molecule has 0 spiro atoms. The van der Waals surface area contributed by atoms with Gasteiger partial charge in [0.25, 0.3) is 0 Å². The van der Waals surface area contributed by atoms with Gasteiger partial charge in [-0.15, -0.1) is 6.58 Å². The summed E-state index contributed by atoms with van der Waals surface area (Å²) in [4.78, 5) is 10.5. The standard InChI is InChI=1S/C7H13NO2/c1-4-7(8,5(2)3)6(9)10/h4-5H,1,8H2,2-3H3,(H,9,10)/t7-/m1/s1. The van der Waals surface area contributed by atoms with Crippen LogP contribution in [0.2, 0.25) is 0 Å². The smallest absolute Gasteiger partial charge is 0.327 e. The van der Waals surface area contributed by atoms with Crippen LogP contribution in [0.5, 0.6) is 0 Å². The molecule has 58 valence electrons. The second kappa shape index (κ2) is 2.84. The summed E-state index contributed by atoms with van der Waals surface area (Å²) in [6, 6.07) is 0. The Bertz CT molecular complexity index is 154. The van der Waals surface area contributed by atoms with Gasteiger partial charge in [-0.05, 0) is 5.92 Å². The van der Waals surface area contributed by atoms with E-state index < -0.39 is 11.5 Å². The maximum atomic E-state index is 10.5. The highest BCUT2D eigenvalue weighted by Gasteiger charge is 2.33. The fraction of sp³-hybridized carbons (Fsp3) is 0.571. The summed E-state index contributed by atoms with van der Waals surface area (Å²) in [5, 5.41) is 8.61. The van der Waals surface area contributed by atoms with Crippen molar-refractivity contribution in [1.29, 1.82) is 0 Å². The Morgan fingerprint density at radius 2 is 2.20 bits per heavy atom. The molecule has 0 heterocycles. The van der Waals surface area contributed by atoms with E-state index in [0.29, 0.717) is 0 Å². The van der Waals surface area contributed by atoms with Crippen LogP contribution in [0.15, 0.2) is 12.7 Å². The molecule has 0 saturated heterocycles. The van der Waals surface area contributed by atoms with Gasteiger partial charge in [0.15, 0.2) is 0 Å². The van der Waals surface area contributed by atoms with Gasteiger partial charge in [0.05, 0.1) is 0 Å². The first-order valence-electron chi connectivity index (χ1n) is 3.11. The maximum absolute atomic E-state index is 10.5. The molecule has 0 aliphatic carbocycles. The molecule has 0 aromatic rings.